The van der Waals surface area contributed by atoms with Crippen molar-refractivity contribution in [3.63, 3.8) is 0 Å². The van der Waals surface area contributed by atoms with E-state index in [0.29, 0.717) is 0 Å². The predicted octanol–water partition coefficient (Wildman–Crippen LogP) is 1.95. The molecule has 11 heavy (non-hydrogen) atoms. The second-order valence-electron chi connectivity index (χ2n) is 2.81. The summed E-state index contributed by atoms with van der Waals surface area (Å²) in [6.45, 7) is 2.30. The third kappa shape index (κ3) is 8.57. The molecule has 0 aliphatic rings. The molecule has 0 spiro atoms. The van der Waals surface area contributed by atoms with E-state index in [0.717, 1.165) is 18.1 Å². The normalized spacial score (nSPS) is 10.9. The maximum Gasteiger partial charge on any atom is 0.00668 e. The van der Waals surface area contributed by atoms with Gasteiger partial charge in [-0.15, -0.1) is 0 Å². The summed E-state index contributed by atoms with van der Waals surface area (Å²) in [6, 6.07) is 0. The summed E-state index contributed by atoms with van der Waals surface area (Å²) in [5.74, 6) is 1.99. The zero-order valence-electron chi connectivity index (χ0n) is 7.29. The molecular formula is C8H19NS2. The van der Waals surface area contributed by atoms with Gasteiger partial charge in [-0.2, -0.15) is 25.3 Å². The smallest absolute Gasteiger partial charge is 0.00668 e. The van der Waals surface area contributed by atoms with Gasteiger partial charge in [-0.05, 0) is 32.2 Å². The first-order chi connectivity index (χ1) is 5.31. The summed E-state index contributed by atoms with van der Waals surface area (Å²) in [5, 5.41) is 0. The Morgan fingerprint density at radius 1 is 0.909 bits per heavy atom. The van der Waals surface area contributed by atoms with Crippen LogP contribution in [0.5, 0.6) is 0 Å². The van der Waals surface area contributed by atoms with Crippen molar-refractivity contribution in [2.75, 3.05) is 31.6 Å². The van der Waals surface area contributed by atoms with Crippen molar-refractivity contribution in [2.24, 2.45) is 0 Å². The fourth-order valence-electron chi connectivity index (χ4n) is 0.953. The molecule has 0 heterocycles. The van der Waals surface area contributed by atoms with Crippen molar-refractivity contribution in [2.45, 2.75) is 19.3 Å². The van der Waals surface area contributed by atoms with E-state index in [9.17, 15) is 0 Å². The van der Waals surface area contributed by atoms with Gasteiger partial charge in [0.15, 0.2) is 0 Å². The molecule has 0 aromatic rings. The lowest BCUT2D eigenvalue weighted by atomic mass is 10.2. The maximum atomic E-state index is 4.17. The molecular weight excluding hydrogens is 174 g/mol. The fraction of sp³-hybridized carbons (Fsp3) is 1.00. The van der Waals surface area contributed by atoms with Gasteiger partial charge in [0.1, 0.15) is 0 Å². The second kappa shape index (κ2) is 8.75. The minimum Gasteiger partial charge on any atom is -0.306 e. The second-order valence-corrected chi connectivity index (χ2v) is 3.71. The van der Waals surface area contributed by atoms with Gasteiger partial charge in [0, 0.05) is 12.3 Å². The molecule has 0 N–H and O–H groups in total. The molecule has 0 saturated carbocycles. The largest absolute Gasteiger partial charge is 0.306 e. The average molecular weight is 193 g/mol. The van der Waals surface area contributed by atoms with Crippen LogP contribution in [0.2, 0.25) is 0 Å². The number of rotatable bonds is 7. The minimum atomic E-state index is 0.961. The topological polar surface area (TPSA) is 3.24 Å². The predicted molar refractivity (Wildman–Crippen MR) is 59.1 cm³/mol. The van der Waals surface area contributed by atoms with E-state index >= 15 is 0 Å². The lowest BCUT2D eigenvalue weighted by Gasteiger charge is -2.14. The summed E-state index contributed by atoms with van der Waals surface area (Å²) in [4.78, 5) is 2.32. The van der Waals surface area contributed by atoms with Crippen LogP contribution in [0.1, 0.15) is 19.3 Å². The molecule has 1 nitrogen and oxygen atoms in total. The molecule has 0 fully saturated rings. The SMILES string of the molecule is CN(CCS)CCCCCS. The first-order valence-corrected chi connectivity index (χ1v) is 5.48. The van der Waals surface area contributed by atoms with E-state index in [2.05, 4.69) is 37.2 Å². The number of hydrogen-bond donors (Lipinski definition) is 2. The molecule has 0 bridgehead atoms. The summed E-state index contributed by atoms with van der Waals surface area (Å²) >= 11 is 8.33. The molecule has 0 atom stereocenters. The molecule has 0 aromatic carbocycles. The average Bonchev–Trinajstić information content (AvgIpc) is 1.99. The maximum absolute atomic E-state index is 4.17. The summed E-state index contributed by atoms with van der Waals surface area (Å²) in [5.41, 5.74) is 0. The molecule has 0 rings (SSSR count). The Morgan fingerprint density at radius 3 is 2.18 bits per heavy atom. The highest BCUT2D eigenvalue weighted by Gasteiger charge is 1.94. The van der Waals surface area contributed by atoms with Crippen LogP contribution in [0.15, 0.2) is 0 Å². The Morgan fingerprint density at radius 2 is 1.64 bits per heavy atom. The zero-order chi connectivity index (χ0) is 8.53. The van der Waals surface area contributed by atoms with E-state index in [4.69, 9.17) is 0 Å². The Balaban J connectivity index is 2.97. The first-order valence-electron chi connectivity index (χ1n) is 4.21. The number of nitrogens with zero attached hydrogens (tertiary/aromatic N) is 1. The Kier molecular flexibility index (Phi) is 9.28. The van der Waals surface area contributed by atoms with Crippen LogP contribution in [-0.4, -0.2) is 36.5 Å². The number of hydrogen-bond acceptors (Lipinski definition) is 3. The van der Waals surface area contributed by atoms with E-state index in [1.807, 2.05) is 0 Å². The van der Waals surface area contributed by atoms with Crippen LogP contribution in [0.25, 0.3) is 0 Å². The van der Waals surface area contributed by atoms with Gasteiger partial charge in [-0.1, -0.05) is 6.42 Å². The van der Waals surface area contributed by atoms with Gasteiger partial charge >= 0.3 is 0 Å². The van der Waals surface area contributed by atoms with E-state index < -0.39 is 0 Å². The number of thiol groups is 2. The molecule has 0 aromatic heterocycles. The van der Waals surface area contributed by atoms with Gasteiger partial charge in [-0.3, -0.25) is 0 Å². The van der Waals surface area contributed by atoms with Crippen LogP contribution >= 0.6 is 25.3 Å². The van der Waals surface area contributed by atoms with Crippen LogP contribution in [0, 0.1) is 0 Å². The van der Waals surface area contributed by atoms with Gasteiger partial charge in [-0.25, -0.2) is 0 Å². The molecule has 0 aliphatic heterocycles. The summed E-state index contributed by atoms with van der Waals surface area (Å²) in [6.07, 6.45) is 3.85. The van der Waals surface area contributed by atoms with E-state index in [-0.39, 0.29) is 0 Å². The highest BCUT2D eigenvalue weighted by molar-refractivity contribution is 7.80. The van der Waals surface area contributed by atoms with Crippen molar-refractivity contribution in [1.82, 2.24) is 4.90 Å². The highest BCUT2D eigenvalue weighted by atomic mass is 32.1. The van der Waals surface area contributed by atoms with Crippen molar-refractivity contribution >= 4 is 25.3 Å². The van der Waals surface area contributed by atoms with E-state index in [1.54, 1.807) is 0 Å². The highest BCUT2D eigenvalue weighted by Crippen LogP contribution is 1.98. The Bertz CT molecular complexity index is 78.5. The van der Waals surface area contributed by atoms with Gasteiger partial charge in [0.2, 0.25) is 0 Å². The molecule has 0 aliphatic carbocycles. The Labute approximate surface area is 81.4 Å². The van der Waals surface area contributed by atoms with Crippen molar-refractivity contribution < 1.29 is 0 Å². The summed E-state index contributed by atoms with van der Waals surface area (Å²) < 4.78 is 0. The van der Waals surface area contributed by atoms with Gasteiger partial charge < -0.3 is 4.90 Å². The molecule has 0 amide bonds. The Hall–Kier alpha value is 0.660. The van der Waals surface area contributed by atoms with Crippen LogP contribution in [0.4, 0.5) is 0 Å². The third-order valence-corrected chi connectivity index (χ3v) is 2.20. The van der Waals surface area contributed by atoms with Gasteiger partial charge in [0.05, 0.1) is 0 Å². The summed E-state index contributed by atoms with van der Waals surface area (Å²) in [7, 11) is 2.15. The van der Waals surface area contributed by atoms with Crippen molar-refractivity contribution in [3.05, 3.63) is 0 Å². The number of unbranched alkanes of at least 4 members (excludes halogenated alkanes) is 2. The molecule has 0 radical (unpaired) electrons. The molecule has 0 unspecified atom stereocenters. The molecule has 3 heteroatoms. The quantitative estimate of drug-likeness (QED) is 0.462. The van der Waals surface area contributed by atoms with Crippen LogP contribution < -0.4 is 0 Å². The van der Waals surface area contributed by atoms with Gasteiger partial charge in [0.25, 0.3) is 0 Å². The first kappa shape index (κ1) is 11.7. The molecule has 0 saturated heterocycles. The van der Waals surface area contributed by atoms with Crippen LogP contribution in [-0.2, 0) is 0 Å². The zero-order valence-corrected chi connectivity index (χ0v) is 9.08. The fourth-order valence-corrected chi connectivity index (χ4v) is 1.52. The van der Waals surface area contributed by atoms with Crippen molar-refractivity contribution in [3.8, 4) is 0 Å². The standard InChI is InChI=1S/C8H19NS2/c1-9(6-8-11)5-3-2-4-7-10/h10-11H,2-8H2,1H3. The van der Waals surface area contributed by atoms with Crippen LogP contribution in [0.3, 0.4) is 0 Å². The minimum absolute atomic E-state index is 0.961. The van der Waals surface area contributed by atoms with E-state index in [1.165, 1.54) is 25.8 Å². The third-order valence-electron chi connectivity index (χ3n) is 1.68. The lowest BCUT2D eigenvalue weighted by Crippen LogP contribution is -2.21. The molecule has 68 valence electrons. The monoisotopic (exact) mass is 193 g/mol. The van der Waals surface area contributed by atoms with Crippen molar-refractivity contribution in [1.29, 1.82) is 0 Å². The lowest BCUT2D eigenvalue weighted by molar-refractivity contribution is 0.346.